The second-order valence-electron chi connectivity index (χ2n) is 3.78. The number of aromatic carboxylic acids is 1. The molecule has 0 radical (unpaired) electrons. The van der Waals surface area contributed by atoms with Crippen molar-refractivity contribution in [2.24, 2.45) is 7.05 Å². The molecule has 100 valence electrons. The first-order valence-electron chi connectivity index (χ1n) is 5.25. The molecule has 0 fully saturated rings. The lowest BCUT2D eigenvalue weighted by atomic mass is 10.1. The molecule has 0 amide bonds. The minimum absolute atomic E-state index is 0.0127. The van der Waals surface area contributed by atoms with Gasteiger partial charge >= 0.3 is 5.97 Å². The first kappa shape index (κ1) is 13.5. The molecule has 0 aliphatic carbocycles. The molecule has 0 bridgehead atoms. The van der Waals surface area contributed by atoms with Gasteiger partial charge in [0.1, 0.15) is 17.3 Å². The number of carboxylic acids is 1. The number of benzene rings is 1. The number of aryl methyl sites for hydroxylation is 1. The summed E-state index contributed by atoms with van der Waals surface area (Å²) >= 11 is 3.19. The molecule has 0 atom stereocenters. The van der Waals surface area contributed by atoms with Gasteiger partial charge < -0.3 is 9.84 Å². The van der Waals surface area contributed by atoms with Crippen LogP contribution in [0, 0.1) is 5.82 Å². The zero-order valence-corrected chi connectivity index (χ0v) is 11.7. The molecule has 1 aromatic carbocycles. The molecule has 0 saturated carbocycles. The van der Waals surface area contributed by atoms with E-state index in [9.17, 15) is 9.18 Å². The molecule has 0 unspecified atom stereocenters. The fourth-order valence-corrected chi connectivity index (χ4v) is 2.49. The van der Waals surface area contributed by atoms with Crippen LogP contribution in [0.15, 0.2) is 22.7 Å². The molecule has 2 rings (SSSR count). The van der Waals surface area contributed by atoms with Crippen molar-refractivity contribution in [3.05, 3.63) is 34.2 Å². The lowest BCUT2D eigenvalue weighted by Gasteiger charge is -2.06. The zero-order valence-electron chi connectivity index (χ0n) is 10.1. The number of hydrogen-bond acceptors (Lipinski definition) is 3. The number of aromatic nitrogens is 2. The molecule has 7 heteroatoms. The van der Waals surface area contributed by atoms with Crippen LogP contribution in [-0.4, -0.2) is 28.0 Å². The maximum absolute atomic E-state index is 13.3. The standard InChI is InChI=1S/C12H10BrFN2O3/c1-16-11(12(17)18)9(13)10(15-16)7-5-6(14)3-4-8(7)19-2/h3-5H,1-2H3,(H,17,18). The number of methoxy groups -OCH3 is 1. The van der Waals surface area contributed by atoms with Crippen molar-refractivity contribution in [3.63, 3.8) is 0 Å². The highest BCUT2D eigenvalue weighted by atomic mass is 79.9. The highest BCUT2D eigenvalue weighted by molar-refractivity contribution is 9.10. The van der Waals surface area contributed by atoms with Gasteiger partial charge in [-0.05, 0) is 34.1 Å². The lowest BCUT2D eigenvalue weighted by Crippen LogP contribution is -2.05. The average molecular weight is 329 g/mol. The van der Waals surface area contributed by atoms with E-state index >= 15 is 0 Å². The van der Waals surface area contributed by atoms with Crippen LogP contribution in [0.4, 0.5) is 4.39 Å². The predicted molar refractivity (Wildman–Crippen MR) is 69.8 cm³/mol. The molecule has 2 aromatic rings. The number of nitrogens with zero attached hydrogens (tertiary/aromatic N) is 2. The smallest absolute Gasteiger partial charge is 0.355 e. The van der Waals surface area contributed by atoms with E-state index in [1.165, 1.54) is 37.0 Å². The number of rotatable bonds is 3. The van der Waals surface area contributed by atoms with Crippen LogP contribution >= 0.6 is 15.9 Å². The summed E-state index contributed by atoms with van der Waals surface area (Å²) in [5.41, 5.74) is 0.690. The topological polar surface area (TPSA) is 64.4 Å². The summed E-state index contributed by atoms with van der Waals surface area (Å²) in [5.74, 6) is -1.16. The van der Waals surface area contributed by atoms with Gasteiger partial charge in [-0.3, -0.25) is 4.68 Å². The van der Waals surface area contributed by atoms with E-state index in [1.54, 1.807) is 0 Å². The molecule has 1 heterocycles. The van der Waals surface area contributed by atoms with Crippen molar-refractivity contribution in [3.8, 4) is 17.0 Å². The average Bonchev–Trinajstić information content (AvgIpc) is 2.64. The first-order valence-corrected chi connectivity index (χ1v) is 6.04. The van der Waals surface area contributed by atoms with Gasteiger partial charge in [-0.15, -0.1) is 0 Å². The van der Waals surface area contributed by atoms with Crippen LogP contribution in [0.2, 0.25) is 0 Å². The summed E-state index contributed by atoms with van der Waals surface area (Å²) in [7, 11) is 2.95. The number of hydrogen-bond donors (Lipinski definition) is 1. The molecular weight excluding hydrogens is 319 g/mol. The molecule has 0 saturated heterocycles. The number of carboxylic acid groups (broad SMARTS) is 1. The second-order valence-corrected chi connectivity index (χ2v) is 4.58. The molecule has 19 heavy (non-hydrogen) atoms. The Balaban J connectivity index is 2.69. The Kier molecular flexibility index (Phi) is 3.57. The summed E-state index contributed by atoms with van der Waals surface area (Å²) in [4.78, 5) is 11.1. The van der Waals surface area contributed by atoms with E-state index < -0.39 is 11.8 Å². The number of carbonyl (C=O) groups is 1. The van der Waals surface area contributed by atoms with Crippen LogP contribution in [0.1, 0.15) is 10.5 Å². The summed E-state index contributed by atoms with van der Waals surface area (Å²) in [6.45, 7) is 0. The van der Waals surface area contributed by atoms with Gasteiger partial charge in [0.2, 0.25) is 0 Å². The van der Waals surface area contributed by atoms with Crippen molar-refractivity contribution in [2.45, 2.75) is 0 Å². The Bertz CT molecular complexity index is 655. The normalized spacial score (nSPS) is 10.5. The first-order chi connectivity index (χ1) is 8.95. The third kappa shape index (κ3) is 2.33. The second kappa shape index (κ2) is 5.00. The Morgan fingerprint density at radius 3 is 2.74 bits per heavy atom. The Hall–Kier alpha value is -1.89. The molecule has 1 aromatic heterocycles. The van der Waals surface area contributed by atoms with E-state index in [0.717, 1.165) is 0 Å². The summed E-state index contributed by atoms with van der Waals surface area (Å²) < 4.78 is 20.0. The zero-order chi connectivity index (χ0) is 14.2. The van der Waals surface area contributed by atoms with E-state index in [1.807, 2.05) is 0 Å². The van der Waals surface area contributed by atoms with Crippen LogP contribution in [0.3, 0.4) is 0 Å². The summed E-state index contributed by atoms with van der Waals surface area (Å²) in [6, 6.07) is 3.97. The van der Waals surface area contributed by atoms with Gasteiger partial charge in [-0.2, -0.15) is 5.10 Å². The Morgan fingerprint density at radius 2 is 2.21 bits per heavy atom. The number of halogens is 2. The lowest BCUT2D eigenvalue weighted by molar-refractivity contribution is 0.0684. The summed E-state index contributed by atoms with van der Waals surface area (Å²) in [5, 5.41) is 13.2. The van der Waals surface area contributed by atoms with Gasteiger partial charge in [0.05, 0.1) is 11.6 Å². The van der Waals surface area contributed by atoms with Crippen LogP contribution in [0.5, 0.6) is 5.75 Å². The largest absolute Gasteiger partial charge is 0.496 e. The van der Waals surface area contributed by atoms with E-state index in [2.05, 4.69) is 21.0 Å². The monoisotopic (exact) mass is 328 g/mol. The van der Waals surface area contributed by atoms with Crippen molar-refractivity contribution in [1.29, 1.82) is 0 Å². The molecule has 5 nitrogen and oxygen atoms in total. The van der Waals surface area contributed by atoms with E-state index in [4.69, 9.17) is 9.84 Å². The van der Waals surface area contributed by atoms with Crippen molar-refractivity contribution in [2.75, 3.05) is 7.11 Å². The van der Waals surface area contributed by atoms with Gasteiger partial charge in [0, 0.05) is 12.6 Å². The van der Waals surface area contributed by atoms with Crippen LogP contribution in [-0.2, 0) is 7.05 Å². The maximum atomic E-state index is 13.3. The molecule has 0 spiro atoms. The predicted octanol–water partition coefficient (Wildman–Crippen LogP) is 2.70. The Labute approximate surface area is 116 Å². The van der Waals surface area contributed by atoms with Crippen LogP contribution in [0.25, 0.3) is 11.3 Å². The van der Waals surface area contributed by atoms with Gasteiger partial charge in [0.15, 0.2) is 5.69 Å². The van der Waals surface area contributed by atoms with E-state index in [0.29, 0.717) is 17.0 Å². The quantitative estimate of drug-likeness (QED) is 0.940. The van der Waals surface area contributed by atoms with Gasteiger partial charge in [-0.25, -0.2) is 9.18 Å². The highest BCUT2D eigenvalue weighted by Gasteiger charge is 2.22. The fraction of sp³-hybridized carbons (Fsp3) is 0.167. The molecule has 0 aliphatic rings. The van der Waals surface area contributed by atoms with Gasteiger partial charge in [0.25, 0.3) is 0 Å². The van der Waals surface area contributed by atoms with Gasteiger partial charge in [-0.1, -0.05) is 0 Å². The minimum atomic E-state index is -1.12. The fourth-order valence-electron chi connectivity index (χ4n) is 1.77. The van der Waals surface area contributed by atoms with Crippen LogP contribution < -0.4 is 4.74 Å². The molecule has 0 aliphatic heterocycles. The minimum Gasteiger partial charge on any atom is -0.496 e. The number of ether oxygens (including phenoxy) is 1. The maximum Gasteiger partial charge on any atom is 0.355 e. The van der Waals surface area contributed by atoms with Crippen molar-refractivity contribution >= 4 is 21.9 Å². The third-order valence-electron chi connectivity index (χ3n) is 2.61. The van der Waals surface area contributed by atoms with Crippen molar-refractivity contribution < 1.29 is 19.0 Å². The third-order valence-corrected chi connectivity index (χ3v) is 3.36. The Morgan fingerprint density at radius 1 is 1.53 bits per heavy atom. The SMILES string of the molecule is COc1ccc(F)cc1-c1nn(C)c(C(=O)O)c1Br. The van der Waals surface area contributed by atoms with Crippen molar-refractivity contribution in [1.82, 2.24) is 9.78 Å². The molecule has 1 N–H and O–H groups in total. The highest BCUT2D eigenvalue weighted by Crippen LogP contribution is 2.36. The van der Waals surface area contributed by atoms with E-state index in [-0.39, 0.29) is 10.2 Å². The summed E-state index contributed by atoms with van der Waals surface area (Å²) in [6.07, 6.45) is 0. The molecular formula is C12H10BrFN2O3.